The fourth-order valence-corrected chi connectivity index (χ4v) is 2.70. The molecule has 1 aliphatic heterocycles. The van der Waals surface area contributed by atoms with Crippen LogP contribution in [0.2, 0.25) is 0 Å². The first-order chi connectivity index (χ1) is 12.3. The van der Waals surface area contributed by atoms with Crippen LogP contribution >= 0.6 is 24.0 Å². The van der Waals surface area contributed by atoms with E-state index in [1.807, 2.05) is 0 Å². The van der Waals surface area contributed by atoms with Crippen molar-refractivity contribution < 1.29 is 22.7 Å². The third kappa shape index (κ3) is 7.43. The maximum absolute atomic E-state index is 12.7. The number of nitrogens with zero attached hydrogens (tertiary/aromatic N) is 2. The summed E-state index contributed by atoms with van der Waals surface area (Å²) in [6.07, 6.45) is -3.31. The quantitative estimate of drug-likeness (QED) is 0.378. The zero-order chi connectivity index (χ0) is 19.2. The highest BCUT2D eigenvalue weighted by Crippen LogP contribution is 2.29. The third-order valence-corrected chi connectivity index (χ3v) is 4.06. The predicted octanol–water partition coefficient (Wildman–Crippen LogP) is 3.35. The Morgan fingerprint density at radius 3 is 2.63 bits per heavy atom. The minimum absolute atomic E-state index is 0. The van der Waals surface area contributed by atoms with Gasteiger partial charge >= 0.3 is 12.3 Å². The van der Waals surface area contributed by atoms with Crippen molar-refractivity contribution in [3.8, 4) is 0 Å². The SMILES string of the molecule is CCOC(=O)N1CCC(NC(N)=NCc2cccc(C(F)(F)F)c2)CC1.I. The van der Waals surface area contributed by atoms with E-state index >= 15 is 0 Å². The number of ether oxygens (including phenoxy) is 1. The van der Waals surface area contributed by atoms with Crippen molar-refractivity contribution in [2.45, 2.75) is 38.5 Å². The number of likely N-dealkylation sites (tertiary alicyclic amines) is 1. The number of rotatable bonds is 4. The number of piperidine rings is 1. The Morgan fingerprint density at radius 1 is 1.37 bits per heavy atom. The van der Waals surface area contributed by atoms with Gasteiger partial charge in [0, 0.05) is 19.1 Å². The van der Waals surface area contributed by atoms with E-state index in [4.69, 9.17) is 10.5 Å². The van der Waals surface area contributed by atoms with E-state index in [1.54, 1.807) is 17.9 Å². The number of guanidine groups is 1. The van der Waals surface area contributed by atoms with Crippen molar-refractivity contribution in [2.24, 2.45) is 10.7 Å². The molecule has 0 spiro atoms. The average molecular weight is 500 g/mol. The molecule has 1 aromatic rings. The molecule has 0 bridgehead atoms. The third-order valence-electron chi connectivity index (χ3n) is 4.06. The molecule has 1 aliphatic rings. The monoisotopic (exact) mass is 500 g/mol. The second kappa shape index (κ2) is 10.6. The van der Waals surface area contributed by atoms with Gasteiger partial charge in [0.2, 0.25) is 0 Å². The van der Waals surface area contributed by atoms with Crippen LogP contribution in [-0.2, 0) is 17.5 Å². The van der Waals surface area contributed by atoms with Crippen LogP contribution in [0.1, 0.15) is 30.9 Å². The average Bonchev–Trinajstić information content (AvgIpc) is 2.60. The number of hydrogen-bond donors (Lipinski definition) is 2. The second-order valence-corrected chi connectivity index (χ2v) is 6.00. The molecule has 2 rings (SSSR count). The van der Waals surface area contributed by atoms with Gasteiger partial charge in [0.1, 0.15) is 0 Å². The molecule has 1 aromatic carbocycles. The Bertz CT molecular complexity index is 647. The molecule has 0 saturated carbocycles. The molecule has 1 saturated heterocycles. The van der Waals surface area contributed by atoms with Crippen LogP contribution in [0.5, 0.6) is 0 Å². The number of nitrogens with one attached hydrogen (secondary N) is 1. The fraction of sp³-hybridized carbons (Fsp3) is 0.529. The molecular weight excluding hydrogens is 476 g/mol. The zero-order valence-electron chi connectivity index (χ0n) is 15.0. The number of aliphatic imine (C=N–C) groups is 1. The van der Waals surface area contributed by atoms with Gasteiger partial charge in [0.05, 0.1) is 18.7 Å². The molecule has 0 atom stereocenters. The second-order valence-electron chi connectivity index (χ2n) is 6.00. The Balaban J connectivity index is 0.00000364. The Kier molecular flexibility index (Phi) is 9.13. The minimum atomic E-state index is -4.38. The number of amides is 1. The van der Waals surface area contributed by atoms with Crippen LogP contribution in [-0.4, -0.2) is 42.7 Å². The summed E-state index contributed by atoms with van der Waals surface area (Å²) in [6, 6.07) is 5.07. The van der Waals surface area contributed by atoms with Crippen molar-refractivity contribution in [3.05, 3.63) is 35.4 Å². The van der Waals surface area contributed by atoms with Crippen molar-refractivity contribution in [1.29, 1.82) is 0 Å². The summed E-state index contributed by atoms with van der Waals surface area (Å²) in [5.74, 6) is 0.178. The van der Waals surface area contributed by atoms with E-state index in [0.29, 0.717) is 38.1 Å². The largest absolute Gasteiger partial charge is 0.450 e. The molecule has 27 heavy (non-hydrogen) atoms. The number of hydrogen-bond acceptors (Lipinski definition) is 3. The smallest absolute Gasteiger partial charge is 0.416 e. The molecule has 3 N–H and O–H groups in total. The molecule has 1 fully saturated rings. The Labute approximate surface area is 173 Å². The molecule has 152 valence electrons. The van der Waals surface area contributed by atoms with Crippen LogP contribution in [0.4, 0.5) is 18.0 Å². The van der Waals surface area contributed by atoms with Gasteiger partial charge in [-0.1, -0.05) is 12.1 Å². The molecular formula is C17H24F3IN4O2. The fourth-order valence-electron chi connectivity index (χ4n) is 2.70. The number of carbonyl (C=O) groups excluding carboxylic acids is 1. The molecule has 0 aromatic heterocycles. The summed E-state index contributed by atoms with van der Waals surface area (Å²) in [4.78, 5) is 17.4. The van der Waals surface area contributed by atoms with Crippen LogP contribution in [0.15, 0.2) is 29.3 Å². The van der Waals surface area contributed by atoms with Crippen molar-refractivity contribution in [1.82, 2.24) is 10.2 Å². The van der Waals surface area contributed by atoms with E-state index < -0.39 is 11.7 Å². The molecule has 1 heterocycles. The van der Waals surface area contributed by atoms with Crippen molar-refractivity contribution >= 4 is 36.0 Å². The lowest BCUT2D eigenvalue weighted by molar-refractivity contribution is -0.137. The summed E-state index contributed by atoms with van der Waals surface area (Å²) in [7, 11) is 0. The summed E-state index contributed by atoms with van der Waals surface area (Å²) in [6.45, 7) is 3.26. The maximum atomic E-state index is 12.7. The van der Waals surface area contributed by atoms with Crippen molar-refractivity contribution in [2.75, 3.05) is 19.7 Å². The zero-order valence-corrected chi connectivity index (χ0v) is 17.3. The highest BCUT2D eigenvalue weighted by atomic mass is 127. The van der Waals surface area contributed by atoms with E-state index in [1.165, 1.54) is 6.07 Å². The van der Waals surface area contributed by atoms with Crippen LogP contribution < -0.4 is 11.1 Å². The first-order valence-electron chi connectivity index (χ1n) is 8.44. The van der Waals surface area contributed by atoms with Crippen LogP contribution in [0.25, 0.3) is 0 Å². The molecule has 1 amide bonds. The molecule has 6 nitrogen and oxygen atoms in total. The van der Waals surface area contributed by atoms with Gasteiger partial charge in [-0.05, 0) is 37.5 Å². The number of alkyl halides is 3. The molecule has 0 radical (unpaired) electrons. The van der Waals surface area contributed by atoms with E-state index in [-0.39, 0.29) is 48.6 Å². The first-order valence-corrected chi connectivity index (χ1v) is 8.44. The number of nitrogens with two attached hydrogens (primary N) is 1. The highest BCUT2D eigenvalue weighted by molar-refractivity contribution is 14.0. The maximum Gasteiger partial charge on any atom is 0.416 e. The number of benzene rings is 1. The van der Waals surface area contributed by atoms with Gasteiger partial charge in [-0.15, -0.1) is 24.0 Å². The lowest BCUT2D eigenvalue weighted by atomic mass is 10.1. The Hall–Kier alpha value is -1.72. The lowest BCUT2D eigenvalue weighted by Crippen LogP contribution is -2.48. The number of halogens is 4. The van der Waals surface area contributed by atoms with Gasteiger partial charge < -0.3 is 20.7 Å². The Morgan fingerprint density at radius 2 is 2.04 bits per heavy atom. The van der Waals surface area contributed by atoms with Crippen LogP contribution in [0, 0.1) is 0 Å². The number of carbonyl (C=O) groups is 1. The standard InChI is InChI=1S/C17H23F3N4O2.HI/c1-2-26-16(25)24-8-6-14(7-9-24)23-15(21)22-11-12-4-3-5-13(10-12)17(18,19)20;/h3-5,10,14H,2,6-9,11H2,1H3,(H3,21,22,23);1H. The highest BCUT2D eigenvalue weighted by Gasteiger charge is 2.30. The summed E-state index contributed by atoms with van der Waals surface area (Å²) < 4.78 is 43.1. The van der Waals surface area contributed by atoms with Gasteiger partial charge in [-0.3, -0.25) is 0 Å². The lowest BCUT2D eigenvalue weighted by Gasteiger charge is -2.31. The molecule has 10 heteroatoms. The predicted molar refractivity (Wildman–Crippen MR) is 107 cm³/mol. The minimum Gasteiger partial charge on any atom is -0.450 e. The van der Waals surface area contributed by atoms with Gasteiger partial charge in [0.25, 0.3) is 0 Å². The summed E-state index contributed by atoms with van der Waals surface area (Å²) >= 11 is 0. The first kappa shape index (κ1) is 23.3. The van der Waals surface area contributed by atoms with Gasteiger partial charge in [-0.2, -0.15) is 13.2 Å². The summed E-state index contributed by atoms with van der Waals surface area (Å²) in [5, 5.41) is 3.05. The molecule has 0 aliphatic carbocycles. The van der Waals surface area contributed by atoms with Crippen molar-refractivity contribution in [3.63, 3.8) is 0 Å². The van der Waals surface area contributed by atoms with E-state index in [0.717, 1.165) is 12.1 Å². The van der Waals surface area contributed by atoms with Gasteiger partial charge in [-0.25, -0.2) is 9.79 Å². The van der Waals surface area contributed by atoms with E-state index in [2.05, 4.69) is 10.3 Å². The molecule has 0 unspecified atom stereocenters. The summed E-state index contributed by atoms with van der Waals surface area (Å²) in [5.41, 5.74) is 5.56. The van der Waals surface area contributed by atoms with Crippen LogP contribution in [0.3, 0.4) is 0 Å². The van der Waals surface area contributed by atoms with Gasteiger partial charge in [0.15, 0.2) is 5.96 Å². The normalized spacial score (nSPS) is 15.9. The van der Waals surface area contributed by atoms with E-state index in [9.17, 15) is 18.0 Å². The topological polar surface area (TPSA) is 80.0 Å².